The quantitative estimate of drug-likeness (QED) is 0.811. The molecule has 5 heteroatoms. The number of nitrogens with one attached hydrogen (secondary N) is 1. The smallest absolute Gasteiger partial charge is 0.222 e. The molecule has 19 heavy (non-hydrogen) atoms. The molecule has 5 nitrogen and oxygen atoms in total. The molecule has 1 saturated carbocycles. The molecule has 0 bridgehead atoms. The number of aliphatic hydroxyl groups is 1. The summed E-state index contributed by atoms with van der Waals surface area (Å²) in [6.45, 7) is 4.86. The molecule has 2 N–H and O–H groups in total. The van der Waals surface area contributed by atoms with Crippen molar-refractivity contribution in [3.05, 3.63) is 17.0 Å². The van der Waals surface area contributed by atoms with Gasteiger partial charge in [-0.05, 0) is 32.3 Å². The number of hydrogen-bond acceptors (Lipinski definition) is 3. The number of rotatable bonds is 6. The van der Waals surface area contributed by atoms with Crippen molar-refractivity contribution < 1.29 is 9.90 Å². The molecule has 0 aromatic carbocycles. The van der Waals surface area contributed by atoms with Gasteiger partial charge in [-0.1, -0.05) is 0 Å². The normalized spacial score (nSPS) is 16.4. The fourth-order valence-electron chi connectivity index (χ4n) is 2.33. The second kappa shape index (κ2) is 5.33. The van der Waals surface area contributed by atoms with Gasteiger partial charge in [0, 0.05) is 37.5 Å². The summed E-state index contributed by atoms with van der Waals surface area (Å²) in [7, 11) is 1.82. The molecule has 1 aliphatic rings. The molecule has 0 unspecified atom stereocenters. The summed E-state index contributed by atoms with van der Waals surface area (Å²) in [5.74, 6) is 0.125. The zero-order valence-corrected chi connectivity index (χ0v) is 12.0. The van der Waals surface area contributed by atoms with E-state index in [1.165, 1.54) is 0 Å². The van der Waals surface area contributed by atoms with Crippen molar-refractivity contribution >= 4 is 5.91 Å². The molecular formula is C14H23N3O2. The van der Waals surface area contributed by atoms with E-state index < -0.39 is 0 Å². The molecule has 1 aliphatic carbocycles. The topological polar surface area (TPSA) is 69.2 Å². The third-order valence-corrected chi connectivity index (χ3v) is 4.22. The van der Waals surface area contributed by atoms with Gasteiger partial charge in [-0.15, -0.1) is 0 Å². The largest absolute Gasteiger partial charge is 0.396 e. The lowest BCUT2D eigenvalue weighted by molar-refractivity contribution is -0.130. The minimum Gasteiger partial charge on any atom is -0.396 e. The van der Waals surface area contributed by atoms with Crippen LogP contribution in [0.2, 0.25) is 0 Å². The Morgan fingerprint density at radius 1 is 1.47 bits per heavy atom. The number of carbonyl (C=O) groups is 1. The first-order valence-electron chi connectivity index (χ1n) is 6.83. The van der Waals surface area contributed by atoms with E-state index in [1.54, 1.807) is 4.90 Å². The second-order valence-electron chi connectivity index (χ2n) is 5.83. The molecule has 1 aromatic rings. The van der Waals surface area contributed by atoms with Crippen LogP contribution in [0.15, 0.2) is 0 Å². The molecule has 2 rings (SSSR count). The summed E-state index contributed by atoms with van der Waals surface area (Å²) in [5.41, 5.74) is 3.17. The van der Waals surface area contributed by atoms with Gasteiger partial charge < -0.3 is 10.0 Å². The van der Waals surface area contributed by atoms with Gasteiger partial charge in [0.25, 0.3) is 0 Å². The number of aromatic nitrogens is 2. The van der Waals surface area contributed by atoms with Crippen molar-refractivity contribution in [2.75, 3.05) is 20.2 Å². The molecule has 0 radical (unpaired) electrons. The lowest BCUT2D eigenvalue weighted by Gasteiger charge is -2.22. The highest BCUT2D eigenvalue weighted by Crippen LogP contribution is 2.45. The molecule has 106 valence electrons. The lowest BCUT2D eigenvalue weighted by Crippen LogP contribution is -2.34. The van der Waals surface area contributed by atoms with E-state index >= 15 is 0 Å². The predicted octanol–water partition coefficient (Wildman–Crippen LogP) is 1.19. The summed E-state index contributed by atoms with van der Waals surface area (Å²) >= 11 is 0. The van der Waals surface area contributed by atoms with Crippen LogP contribution in [0, 0.1) is 19.3 Å². The summed E-state index contributed by atoms with van der Waals surface area (Å²) < 4.78 is 0. The van der Waals surface area contributed by atoms with Crippen molar-refractivity contribution in [3.8, 4) is 0 Å². The van der Waals surface area contributed by atoms with Gasteiger partial charge in [-0.2, -0.15) is 5.10 Å². The van der Waals surface area contributed by atoms with Crippen LogP contribution in [0.25, 0.3) is 0 Å². The number of amides is 1. The van der Waals surface area contributed by atoms with E-state index in [9.17, 15) is 9.90 Å². The van der Waals surface area contributed by atoms with E-state index in [0.717, 1.165) is 29.8 Å². The maximum absolute atomic E-state index is 12.1. The number of H-pyrrole nitrogens is 1. The molecule has 1 aromatic heterocycles. The third-order valence-electron chi connectivity index (χ3n) is 4.22. The van der Waals surface area contributed by atoms with Crippen LogP contribution in [0.5, 0.6) is 0 Å². The van der Waals surface area contributed by atoms with Gasteiger partial charge in [0.15, 0.2) is 0 Å². The van der Waals surface area contributed by atoms with Crippen molar-refractivity contribution in [2.45, 2.75) is 39.5 Å². The SMILES string of the molecule is Cc1[nH]nc(CCC(=O)N(C)CC2(CO)CC2)c1C. The molecule has 0 spiro atoms. The highest BCUT2D eigenvalue weighted by Gasteiger charge is 2.43. The zero-order valence-electron chi connectivity index (χ0n) is 12.0. The summed E-state index contributed by atoms with van der Waals surface area (Å²) in [6.07, 6.45) is 3.20. The molecule has 0 atom stereocenters. The highest BCUT2D eigenvalue weighted by atomic mass is 16.3. The molecule has 1 amide bonds. The van der Waals surface area contributed by atoms with Gasteiger partial charge in [0.05, 0.1) is 12.3 Å². The molecule has 1 fully saturated rings. The number of aromatic amines is 1. The standard InChI is InChI=1S/C14H23N3O2/c1-10-11(2)15-16-12(10)4-5-13(19)17(3)8-14(9-18)6-7-14/h18H,4-9H2,1-3H3,(H,15,16). The monoisotopic (exact) mass is 265 g/mol. The van der Waals surface area contributed by atoms with Crippen molar-refractivity contribution in [1.82, 2.24) is 15.1 Å². The van der Waals surface area contributed by atoms with E-state index in [4.69, 9.17) is 0 Å². The van der Waals surface area contributed by atoms with Gasteiger partial charge >= 0.3 is 0 Å². The van der Waals surface area contributed by atoms with Crippen molar-refractivity contribution in [2.24, 2.45) is 5.41 Å². The van der Waals surface area contributed by atoms with Gasteiger partial charge in [-0.25, -0.2) is 0 Å². The Labute approximate surface area is 114 Å². The van der Waals surface area contributed by atoms with Crippen LogP contribution in [0.3, 0.4) is 0 Å². The minimum atomic E-state index is -0.0107. The minimum absolute atomic E-state index is 0.0107. The second-order valence-corrected chi connectivity index (χ2v) is 5.83. The predicted molar refractivity (Wildman–Crippen MR) is 72.8 cm³/mol. The number of nitrogens with zero attached hydrogens (tertiary/aromatic N) is 2. The van der Waals surface area contributed by atoms with E-state index in [1.807, 2.05) is 20.9 Å². The van der Waals surface area contributed by atoms with E-state index in [-0.39, 0.29) is 17.9 Å². The Kier molecular flexibility index (Phi) is 3.94. The first kappa shape index (κ1) is 14.1. The maximum atomic E-state index is 12.1. The molecule has 1 heterocycles. The average Bonchev–Trinajstić information content (AvgIpc) is 3.10. The Balaban J connectivity index is 1.82. The molecule has 0 aliphatic heterocycles. The summed E-state index contributed by atoms with van der Waals surface area (Å²) in [5, 5.41) is 16.4. The maximum Gasteiger partial charge on any atom is 0.222 e. The first-order chi connectivity index (χ1) is 8.97. The zero-order chi connectivity index (χ0) is 14.0. The first-order valence-corrected chi connectivity index (χ1v) is 6.83. The number of carbonyl (C=O) groups excluding carboxylic acids is 1. The van der Waals surface area contributed by atoms with E-state index in [2.05, 4.69) is 10.2 Å². The van der Waals surface area contributed by atoms with Crippen LogP contribution >= 0.6 is 0 Å². The van der Waals surface area contributed by atoms with Gasteiger partial charge in [0.2, 0.25) is 5.91 Å². The number of aryl methyl sites for hydroxylation is 2. The van der Waals surface area contributed by atoms with E-state index in [0.29, 0.717) is 19.4 Å². The number of aliphatic hydroxyl groups excluding tert-OH is 1. The summed E-state index contributed by atoms with van der Waals surface area (Å²) in [6, 6.07) is 0. The van der Waals surface area contributed by atoms with Crippen LogP contribution in [0.1, 0.15) is 36.2 Å². The van der Waals surface area contributed by atoms with Crippen LogP contribution in [0.4, 0.5) is 0 Å². The highest BCUT2D eigenvalue weighted by molar-refractivity contribution is 5.76. The molecule has 0 saturated heterocycles. The molecular weight excluding hydrogens is 242 g/mol. The Morgan fingerprint density at radius 2 is 2.16 bits per heavy atom. The van der Waals surface area contributed by atoms with Gasteiger partial charge in [-0.3, -0.25) is 9.89 Å². The fraction of sp³-hybridized carbons (Fsp3) is 0.714. The van der Waals surface area contributed by atoms with Crippen LogP contribution in [-0.4, -0.2) is 46.3 Å². The van der Waals surface area contributed by atoms with Crippen molar-refractivity contribution in [3.63, 3.8) is 0 Å². The summed E-state index contributed by atoms with van der Waals surface area (Å²) in [4.78, 5) is 13.8. The van der Waals surface area contributed by atoms with Crippen molar-refractivity contribution in [1.29, 1.82) is 0 Å². The lowest BCUT2D eigenvalue weighted by atomic mass is 10.1. The third kappa shape index (κ3) is 3.15. The Bertz CT molecular complexity index is 463. The fourth-order valence-corrected chi connectivity index (χ4v) is 2.33. The van der Waals surface area contributed by atoms with Gasteiger partial charge in [0.1, 0.15) is 0 Å². The Morgan fingerprint density at radius 3 is 2.63 bits per heavy atom. The van der Waals surface area contributed by atoms with Crippen LogP contribution < -0.4 is 0 Å². The Hall–Kier alpha value is -1.36. The number of hydrogen-bond donors (Lipinski definition) is 2. The average molecular weight is 265 g/mol. The van der Waals surface area contributed by atoms with Crippen LogP contribution in [-0.2, 0) is 11.2 Å².